The van der Waals surface area contributed by atoms with E-state index in [0.29, 0.717) is 29.3 Å². The number of fused-ring (bicyclic) bond motifs is 3. The Hall–Kier alpha value is -8.19. The number of thioether (sulfide) groups is 1. The van der Waals surface area contributed by atoms with Gasteiger partial charge in [-0.1, -0.05) is 164 Å². The highest BCUT2D eigenvalue weighted by Gasteiger charge is 2.38. The fourth-order valence-electron chi connectivity index (χ4n) is 9.37. The van der Waals surface area contributed by atoms with Crippen LogP contribution in [0.25, 0.3) is 11.1 Å². The van der Waals surface area contributed by atoms with Gasteiger partial charge in [0.25, 0.3) is 0 Å². The van der Waals surface area contributed by atoms with Crippen LogP contribution in [0.2, 0.25) is 0 Å². The van der Waals surface area contributed by atoms with Gasteiger partial charge in [0.15, 0.2) is 0 Å². The van der Waals surface area contributed by atoms with E-state index in [4.69, 9.17) is 18.9 Å². The molecule has 1 aliphatic carbocycles. The molecule has 0 bridgehead atoms. The van der Waals surface area contributed by atoms with E-state index in [0.717, 1.165) is 50.3 Å². The quantitative estimate of drug-likeness (QED) is 0.0402. The summed E-state index contributed by atoms with van der Waals surface area (Å²) in [6.07, 6.45) is 4.26. The summed E-state index contributed by atoms with van der Waals surface area (Å²) in [7, 11) is 1.63. The van der Waals surface area contributed by atoms with Crippen molar-refractivity contribution in [1.29, 1.82) is 0 Å². The molecule has 12 heteroatoms. The minimum atomic E-state index is -1.14. The minimum absolute atomic E-state index is 0.0338. The minimum Gasteiger partial charge on any atom is -0.497 e. The molecule has 368 valence electrons. The lowest BCUT2D eigenvalue weighted by atomic mass is 9.84. The third-order valence-corrected chi connectivity index (χ3v) is 14.4. The number of benzene rings is 7. The Bertz CT molecular complexity index is 2970. The zero-order chi connectivity index (χ0) is 50.4. The summed E-state index contributed by atoms with van der Waals surface area (Å²) in [6.45, 7) is 4.55. The van der Waals surface area contributed by atoms with Crippen LogP contribution < -0.4 is 15.0 Å². The zero-order valence-electron chi connectivity index (χ0n) is 40.5. The van der Waals surface area contributed by atoms with E-state index in [2.05, 4.69) is 77.5 Å². The Morgan fingerprint density at radius 2 is 1.32 bits per heavy atom. The Balaban J connectivity index is 1.02. The number of anilines is 1. The van der Waals surface area contributed by atoms with Gasteiger partial charge in [0.2, 0.25) is 5.91 Å². The molecule has 0 fully saturated rings. The maximum Gasteiger partial charge on any atom is 0.407 e. The number of amides is 2. The van der Waals surface area contributed by atoms with Crippen LogP contribution in [0.4, 0.5) is 10.5 Å². The number of carbonyl (C=O) groups excluding carboxylic acids is 3. The van der Waals surface area contributed by atoms with Gasteiger partial charge in [-0.05, 0) is 80.9 Å². The van der Waals surface area contributed by atoms with Crippen molar-refractivity contribution >= 4 is 35.4 Å². The van der Waals surface area contributed by atoms with E-state index in [-0.39, 0.29) is 38.8 Å². The van der Waals surface area contributed by atoms with Crippen LogP contribution in [0.15, 0.2) is 213 Å². The third kappa shape index (κ3) is 11.6. The van der Waals surface area contributed by atoms with Crippen LogP contribution in [0.5, 0.6) is 5.75 Å². The van der Waals surface area contributed by atoms with Crippen LogP contribution in [0.3, 0.4) is 0 Å². The van der Waals surface area contributed by atoms with E-state index in [1.807, 2.05) is 109 Å². The van der Waals surface area contributed by atoms with Gasteiger partial charge in [-0.3, -0.25) is 4.79 Å². The summed E-state index contributed by atoms with van der Waals surface area (Å²) < 4.78 is 23.9. The van der Waals surface area contributed by atoms with Gasteiger partial charge in [0, 0.05) is 36.5 Å². The lowest BCUT2D eigenvalue weighted by Crippen LogP contribution is -2.51. The number of esters is 1. The van der Waals surface area contributed by atoms with Gasteiger partial charge < -0.3 is 33.7 Å². The summed E-state index contributed by atoms with van der Waals surface area (Å²) in [4.78, 5) is 49.1. The molecule has 1 atom stereocenters. The number of methoxy groups -OCH3 is 1. The number of hydrogen-bond donors (Lipinski definition) is 1. The number of rotatable bonds is 22. The number of ether oxygens (including phenoxy) is 4. The average molecular weight is 989 g/mol. The monoisotopic (exact) mass is 988 g/mol. The molecule has 1 aromatic heterocycles. The average Bonchev–Trinajstić information content (AvgIpc) is 4.04. The topological polar surface area (TPSA) is 121 Å². The first-order valence-corrected chi connectivity index (χ1v) is 25.2. The van der Waals surface area contributed by atoms with Gasteiger partial charge in [-0.2, -0.15) is 0 Å². The van der Waals surface area contributed by atoms with E-state index >= 15 is 4.79 Å². The second kappa shape index (κ2) is 23.8. The Kier molecular flexibility index (Phi) is 16.2. The van der Waals surface area contributed by atoms with Crippen molar-refractivity contribution in [2.24, 2.45) is 0 Å². The SMILES string of the molecule is C=CCOC(=O)c1ccc(N(CCSC(c2ccccc2)(c2ccccc2)c2ccccc2)C(=O)[C@H](Cc2cn(COCc3ccc(OC)cc3)cn2)NC(=O)OCC2c3ccccc3-c3ccccc32)cc1. The van der Waals surface area contributed by atoms with Crippen molar-refractivity contribution in [3.8, 4) is 16.9 Å². The molecule has 73 heavy (non-hydrogen) atoms. The maximum atomic E-state index is 15.6. The van der Waals surface area contributed by atoms with Crippen LogP contribution >= 0.6 is 11.8 Å². The molecule has 1 N–H and O–H groups in total. The van der Waals surface area contributed by atoms with Gasteiger partial charge in [-0.25, -0.2) is 14.6 Å². The van der Waals surface area contributed by atoms with Crippen molar-refractivity contribution < 1.29 is 33.3 Å². The highest BCUT2D eigenvalue weighted by atomic mass is 32.2. The van der Waals surface area contributed by atoms with Crippen LogP contribution in [-0.4, -0.2) is 66.2 Å². The largest absolute Gasteiger partial charge is 0.497 e. The van der Waals surface area contributed by atoms with E-state index < -0.39 is 28.8 Å². The van der Waals surface area contributed by atoms with Crippen molar-refractivity contribution in [1.82, 2.24) is 14.9 Å². The first kappa shape index (κ1) is 49.8. The standard InChI is InChI=1S/C61H56N4O7S/c1-3-36-71-59(67)45-29-31-50(32-30-45)65(35-37-73-61(46-17-7-4-8-18-46,47-19-9-5-10-20-47)48-21-11-6-12-22-48)58(66)57(38-49-39-64(42-62-49)43-70-40-44-27-33-51(69-2)34-28-44)63-60(68)72-41-56-54-25-15-13-23-52(54)53-24-14-16-26-55(53)56/h3-34,39,42,56-57H,1,35-38,40-41,43H2,2H3,(H,63,68)/t57-/m0/s1. The fourth-order valence-corrected chi connectivity index (χ4v) is 10.9. The summed E-state index contributed by atoms with van der Waals surface area (Å²) in [5, 5.41) is 2.97. The summed E-state index contributed by atoms with van der Waals surface area (Å²) in [5.41, 5.74) is 9.96. The number of nitrogens with zero attached hydrogens (tertiary/aromatic N) is 3. The molecule has 0 spiro atoms. The van der Waals surface area contributed by atoms with Crippen LogP contribution in [-0.2, 0) is 43.5 Å². The summed E-state index contributed by atoms with van der Waals surface area (Å²) in [6, 6.07) is 60.6. The number of imidazole rings is 1. The second-order valence-corrected chi connectivity index (χ2v) is 18.8. The third-order valence-electron chi connectivity index (χ3n) is 12.9. The summed E-state index contributed by atoms with van der Waals surface area (Å²) in [5.74, 6) is 0.107. The van der Waals surface area contributed by atoms with Crippen molar-refractivity contribution in [2.45, 2.75) is 36.5 Å². The molecule has 11 nitrogen and oxygen atoms in total. The fraction of sp³-hybridized carbons (Fsp3) is 0.180. The number of hydrogen-bond acceptors (Lipinski definition) is 9. The lowest BCUT2D eigenvalue weighted by Gasteiger charge is -2.36. The Morgan fingerprint density at radius 3 is 1.89 bits per heavy atom. The van der Waals surface area contributed by atoms with Crippen LogP contribution in [0, 0.1) is 0 Å². The molecule has 1 heterocycles. The Labute approximate surface area is 430 Å². The Morgan fingerprint density at radius 1 is 0.740 bits per heavy atom. The van der Waals surface area contributed by atoms with Crippen molar-refractivity contribution in [3.63, 3.8) is 0 Å². The molecular weight excluding hydrogens is 933 g/mol. The van der Waals surface area contributed by atoms with Gasteiger partial charge in [0.1, 0.15) is 31.7 Å². The molecule has 0 saturated heterocycles. The van der Waals surface area contributed by atoms with Crippen molar-refractivity contribution in [3.05, 3.63) is 258 Å². The van der Waals surface area contributed by atoms with Crippen molar-refractivity contribution in [2.75, 3.05) is 37.5 Å². The predicted molar refractivity (Wildman–Crippen MR) is 287 cm³/mol. The number of carbonyl (C=O) groups is 3. The predicted octanol–water partition coefficient (Wildman–Crippen LogP) is 11.6. The number of aromatic nitrogens is 2. The van der Waals surface area contributed by atoms with Gasteiger partial charge in [-0.15, -0.1) is 11.8 Å². The van der Waals surface area contributed by atoms with E-state index in [1.165, 1.54) is 6.08 Å². The second-order valence-electron chi connectivity index (χ2n) is 17.5. The lowest BCUT2D eigenvalue weighted by molar-refractivity contribution is -0.120. The molecule has 0 radical (unpaired) electrons. The molecule has 7 aromatic carbocycles. The van der Waals surface area contributed by atoms with Gasteiger partial charge in [0.05, 0.1) is 36.0 Å². The molecule has 0 saturated carbocycles. The van der Waals surface area contributed by atoms with Crippen LogP contribution in [0.1, 0.15) is 55.4 Å². The van der Waals surface area contributed by atoms with E-state index in [1.54, 1.807) is 58.9 Å². The highest BCUT2D eigenvalue weighted by Crippen LogP contribution is 2.49. The number of alkyl carbamates (subject to hydrolysis) is 1. The van der Waals surface area contributed by atoms with E-state index in [9.17, 15) is 9.59 Å². The molecule has 8 aromatic rings. The maximum absolute atomic E-state index is 15.6. The smallest absolute Gasteiger partial charge is 0.407 e. The zero-order valence-corrected chi connectivity index (χ0v) is 41.4. The molecule has 0 unspecified atom stereocenters. The van der Waals surface area contributed by atoms with Gasteiger partial charge >= 0.3 is 12.1 Å². The normalized spacial score (nSPS) is 12.2. The molecule has 2 amide bonds. The highest BCUT2D eigenvalue weighted by molar-refractivity contribution is 8.00. The number of nitrogens with one attached hydrogen (secondary N) is 1. The molecule has 9 rings (SSSR count). The summed E-state index contributed by atoms with van der Waals surface area (Å²) >= 11 is 1.71. The first-order valence-electron chi connectivity index (χ1n) is 24.2. The first-order chi connectivity index (χ1) is 35.8. The molecule has 0 aliphatic heterocycles. The molecule has 1 aliphatic rings. The molecular formula is C61H56N4O7S.